The first kappa shape index (κ1) is 92.8. The standard InChI is InChI=1S/C17H15N5O4S.C14H13N5O3S.C13H10N4O3.C12H15NO4S.C10H11N5O3S.C9H7N3O4S2/c23-12-4-5-14(24)13(9-12)15(25)6-7-16(26)18-10-2-1-3-11(8-10)22-17(27)19-20-21-22;20-10-4-5-13(21)12(7-10)15-8-22-11-3-1-2-9(6-11)19-14(23)16-17-18-19;18-8-2-4-12(19)9(6-8)13(20)14-7-1-3-10-11(5-7)16-17-15-10;1-2-17-12(18)13-11(16)6-3-8-7-9(14)4-5-10(8)15;16-6-1-2-8(17)7(5-6)9(18)11-3-4-15-10(19)12-13-14-15;13-4-1-3(2-5(14)6(4)15)7(16)10-8-11-12-9(17)18-8/h1-5,8-9,23-24H,6-7H2,(H,18,26)(H,19,21,27);1-7,15,20-21H,8H2,(H,16,18,23);1-6,18-19H,(H,14,20)(H,15,16,17);4-5,7,14-15H,2-3,6H2,1H3,(H,13,16,18);1-2,5,16-17H,3-4H2,(H,11,18)(H,12,14,19);1-2,13-15H,(H,12,17)(H,10,11,16). The molecule has 5 heterocycles. The van der Waals surface area contributed by atoms with Gasteiger partial charge >= 0.3 is 0 Å². The lowest BCUT2D eigenvalue weighted by molar-refractivity contribution is -0.120. The van der Waals surface area contributed by atoms with Crippen LogP contribution in [-0.2, 0) is 27.3 Å². The van der Waals surface area contributed by atoms with Crippen molar-refractivity contribution in [2.24, 2.45) is 0 Å². The molecule has 0 atom stereocenters. The number of ether oxygens (including phenoxy) is 2. The van der Waals surface area contributed by atoms with Crippen LogP contribution in [0.25, 0.3) is 22.4 Å². The first-order valence-electron chi connectivity index (χ1n) is 35.7. The fraction of sp³-hybridized carbons (Fsp3) is 0.120. The summed E-state index contributed by atoms with van der Waals surface area (Å²) in [4.78, 5) is 71.3. The number of aromatic nitrogens is 17. The largest absolute Gasteiger partial charge is 0.508 e. The number of hydrogen-bond donors (Lipinski definition) is 24. The highest BCUT2D eigenvalue weighted by Crippen LogP contribution is 2.36. The Kier molecular flexibility index (Phi) is 33.3. The number of ketones is 1. The smallest absolute Gasteiger partial charge is 0.263 e. The lowest BCUT2D eigenvalue weighted by Gasteiger charge is -2.11. The molecule has 0 bridgehead atoms. The highest BCUT2D eigenvalue weighted by atomic mass is 32.1. The SMILES string of the molecule is CCOC(=S)NC(=O)CCc1cc(O)ccc1O.O=C(CCC(=O)c1cc(O)ccc1O)Nc1cccc(-n2[nH]nnc2=S)c1.O=C(NCCn1[nH]nnc1=S)c1cc(O)ccc1O.O=C(Nc1ccc2n[nH]nc2c1)c1cc(O)ccc1O.O=C(Nc1n[nH]c(=S)s1)c1cc(O)c(O)c(O)c1.Oc1ccc(O)c(NCOc2cccc(-n3[nH]nnc3=S)c2)c1. The van der Waals surface area contributed by atoms with E-state index in [2.05, 4.69) is 104 Å². The minimum atomic E-state index is -0.679. The van der Waals surface area contributed by atoms with Crippen LogP contribution in [0.4, 0.5) is 22.2 Å². The number of rotatable bonds is 23. The van der Waals surface area contributed by atoms with Crippen LogP contribution in [0.2, 0.25) is 0 Å². The molecule has 14 rings (SSSR count). The van der Waals surface area contributed by atoms with Gasteiger partial charge < -0.3 is 97.1 Å². The van der Waals surface area contributed by atoms with E-state index in [1.54, 1.807) is 67.6 Å². The summed E-state index contributed by atoms with van der Waals surface area (Å²) in [6.07, 6.45) is 0.256. The number of hydrogen-bond acceptors (Lipinski definition) is 37. The molecule has 5 amide bonds. The number of carbonyl (C=O) groups excluding carboxylic acids is 6. The van der Waals surface area contributed by atoms with Gasteiger partial charge in [-0.3, -0.25) is 44.5 Å². The number of fused-ring (bicyclic) bond motifs is 1. The monoisotopic (exact) mass is 1820 g/mol. The number of aromatic hydroxyl groups is 13. The third-order valence-corrected chi connectivity index (χ3v) is 18.2. The van der Waals surface area contributed by atoms with E-state index in [4.69, 9.17) is 75.7 Å². The number of nitrogens with zero attached hydrogens (tertiary/aromatic N) is 12. The first-order chi connectivity index (χ1) is 59.8. The predicted octanol–water partition coefficient (Wildman–Crippen LogP) is 9.36. The summed E-state index contributed by atoms with van der Waals surface area (Å²) in [5, 5.41) is 184. The van der Waals surface area contributed by atoms with Crippen molar-refractivity contribution < 1.29 is 105 Å². The number of Topliss-reactive ketones (excluding diaryl/α,β-unsaturated/α-hetero) is 1. The topological polar surface area (TPSA) is 666 Å². The zero-order valence-electron chi connectivity index (χ0n) is 64.2. The van der Waals surface area contributed by atoms with Crippen LogP contribution >= 0.6 is 72.4 Å². The van der Waals surface area contributed by atoms with Crippen molar-refractivity contribution in [2.75, 3.05) is 41.1 Å². The Hall–Kier alpha value is -16.1. The number of amides is 5. The molecule has 44 nitrogen and oxygen atoms in total. The molecule has 0 spiro atoms. The lowest BCUT2D eigenvalue weighted by atomic mass is 10.0. The molecule has 5 aromatic heterocycles. The average Bonchev–Trinajstić information content (AvgIpc) is 1.78. The van der Waals surface area contributed by atoms with E-state index in [1.165, 1.54) is 105 Å². The summed E-state index contributed by atoms with van der Waals surface area (Å²) < 4.78 is 16.2. The molecule has 0 saturated carbocycles. The maximum Gasteiger partial charge on any atom is 0.263 e. The number of tetrazole rings is 3. The maximum atomic E-state index is 12.1. The van der Waals surface area contributed by atoms with E-state index in [-0.39, 0.29) is 144 Å². The second-order valence-electron chi connectivity index (χ2n) is 24.9. The van der Waals surface area contributed by atoms with E-state index in [0.717, 1.165) is 29.2 Å². The summed E-state index contributed by atoms with van der Waals surface area (Å²) >= 11 is 25.6. The van der Waals surface area contributed by atoms with Crippen molar-refractivity contribution in [3.8, 4) is 91.9 Å². The molecule has 0 aliphatic heterocycles. The third kappa shape index (κ3) is 28.0. The molecule has 125 heavy (non-hydrogen) atoms. The molecule has 648 valence electrons. The van der Waals surface area contributed by atoms with E-state index in [1.807, 2.05) is 6.07 Å². The number of thiocarbonyl (C=S) groups is 1. The number of phenols is 13. The Morgan fingerprint density at radius 2 is 1.04 bits per heavy atom. The predicted molar refractivity (Wildman–Crippen MR) is 460 cm³/mol. The van der Waals surface area contributed by atoms with Gasteiger partial charge in [0.2, 0.25) is 31.3 Å². The zero-order valence-corrected chi connectivity index (χ0v) is 69.1. The minimum Gasteiger partial charge on any atom is -0.508 e. The van der Waals surface area contributed by atoms with Gasteiger partial charge in [-0.05, 0) is 226 Å². The molecule has 0 aliphatic rings. The Morgan fingerprint density at radius 3 is 1.64 bits per heavy atom. The number of benzene rings is 9. The van der Waals surface area contributed by atoms with Crippen molar-refractivity contribution in [1.29, 1.82) is 0 Å². The van der Waals surface area contributed by atoms with Crippen LogP contribution in [0, 0.1) is 18.3 Å². The zero-order chi connectivity index (χ0) is 90.4. The fourth-order valence-corrected chi connectivity index (χ4v) is 11.7. The first-order valence-corrected chi connectivity index (χ1v) is 38.6. The molecule has 0 aliphatic carbocycles. The number of H-pyrrole nitrogens is 5. The van der Waals surface area contributed by atoms with Crippen LogP contribution in [0.5, 0.6) is 80.5 Å². The minimum absolute atomic E-state index is 0.00586. The average molecular weight is 1820 g/mol. The number of phenolic OH excluding ortho intramolecular Hbond substituents is 13. The van der Waals surface area contributed by atoms with Crippen LogP contribution in [-0.4, -0.2) is 213 Å². The van der Waals surface area contributed by atoms with Crippen LogP contribution in [0.15, 0.2) is 170 Å². The van der Waals surface area contributed by atoms with Crippen LogP contribution in [0.1, 0.15) is 73.2 Å². The number of nitrogens with one attached hydrogen (secondary N) is 11. The van der Waals surface area contributed by atoms with Gasteiger partial charge in [0.05, 0.1) is 46.9 Å². The van der Waals surface area contributed by atoms with Gasteiger partial charge in [-0.25, -0.2) is 14.0 Å². The number of anilines is 4. The Labute approximate surface area is 731 Å². The summed E-state index contributed by atoms with van der Waals surface area (Å²) in [7, 11) is 0. The van der Waals surface area contributed by atoms with Crippen molar-refractivity contribution in [1.82, 2.24) is 96.9 Å². The molecular formula is C75H71N23O21S6. The van der Waals surface area contributed by atoms with E-state index < -0.39 is 40.8 Å². The number of aromatic amines is 5. The van der Waals surface area contributed by atoms with Gasteiger partial charge in [0.1, 0.15) is 74.3 Å². The second kappa shape index (κ2) is 44.8. The third-order valence-electron chi connectivity index (χ3n) is 16.1. The van der Waals surface area contributed by atoms with Gasteiger partial charge in [-0.15, -0.1) is 5.10 Å². The van der Waals surface area contributed by atoms with E-state index in [9.17, 15) is 90.0 Å². The number of aryl methyl sites for hydroxylation is 1. The van der Waals surface area contributed by atoms with Crippen molar-refractivity contribution in [3.05, 3.63) is 216 Å². The molecule has 0 fully saturated rings. The van der Waals surface area contributed by atoms with Crippen LogP contribution in [0.3, 0.4) is 0 Å². The van der Waals surface area contributed by atoms with Gasteiger partial charge in [0.15, 0.2) is 33.7 Å². The molecule has 9 aromatic carbocycles. The molecule has 0 radical (unpaired) electrons. The lowest BCUT2D eigenvalue weighted by Crippen LogP contribution is -2.30. The van der Waals surface area contributed by atoms with Gasteiger partial charge in [0.25, 0.3) is 22.9 Å². The van der Waals surface area contributed by atoms with Crippen LogP contribution < -0.4 is 36.6 Å². The summed E-state index contributed by atoms with van der Waals surface area (Å²) in [5.41, 5.74) is 4.54. The van der Waals surface area contributed by atoms with Gasteiger partial charge in [-0.1, -0.05) is 54.4 Å². The Bertz CT molecular complexity index is 6420. The Balaban J connectivity index is 0.000000171. The highest BCUT2D eigenvalue weighted by Gasteiger charge is 2.20. The molecule has 0 saturated heterocycles. The Morgan fingerprint density at radius 1 is 0.488 bits per heavy atom. The number of carbonyl (C=O) groups is 6. The fourth-order valence-electron chi connectivity index (χ4n) is 10.2. The quantitative estimate of drug-likeness (QED) is 0.00931. The molecule has 14 aromatic rings. The van der Waals surface area contributed by atoms with E-state index >= 15 is 0 Å². The maximum absolute atomic E-state index is 12.1. The van der Waals surface area contributed by atoms with E-state index in [0.29, 0.717) is 73.4 Å². The highest BCUT2D eigenvalue weighted by molar-refractivity contribution is 7.80. The summed E-state index contributed by atoms with van der Waals surface area (Å²) in [5.74, 6) is -4.79. The van der Waals surface area contributed by atoms with Gasteiger partial charge in [-0.2, -0.15) is 31.1 Å². The second-order valence-corrected chi connectivity index (χ2v) is 28.0. The van der Waals surface area contributed by atoms with Gasteiger partial charge in [0, 0.05) is 54.9 Å². The van der Waals surface area contributed by atoms with Crippen molar-refractivity contribution in [2.45, 2.75) is 39.2 Å². The van der Waals surface area contributed by atoms with Crippen molar-refractivity contribution in [3.63, 3.8) is 0 Å². The summed E-state index contributed by atoms with van der Waals surface area (Å²) in [6, 6.07) is 40.6. The molecule has 50 heteroatoms. The molecule has 24 N–H and O–H groups in total. The van der Waals surface area contributed by atoms with Crippen molar-refractivity contribution >= 4 is 146 Å². The summed E-state index contributed by atoms with van der Waals surface area (Å²) in [6.45, 7) is 2.91. The normalized spacial score (nSPS) is 10.3. The molecule has 0 unspecified atom stereocenters. The molecular weight excluding hydrogens is 1750 g/mol.